The molecule has 1 aromatic carbocycles. The molecule has 6 heteroatoms. The zero-order valence-corrected chi connectivity index (χ0v) is 13.7. The van der Waals surface area contributed by atoms with Crippen molar-refractivity contribution in [2.75, 3.05) is 20.3 Å². The minimum absolute atomic E-state index is 0.0395. The molecule has 0 bridgehead atoms. The van der Waals surface area contributed by atoms with Crippen LogP contribution in [0.5, 0.6) is 5.75 Å². The highest BCUT2D eigenvalue weighted by molar-refractivity contribution is 7.80. The van der Waals surface area contributed by atoms with Crippen molar-refractivity contribution < 1.29 is 14.3 Å². The molecule has 5 nitrogen and oxygen atoms in total. The Morgan fingerprint density at radius 3 is 2.43 bits per heavy atom. The van der Waals surface area contributed by atoms with Gasteiger partial charge in [-0.05, 0) is 44.0 Å². The van der Waals surface area contributed by atoms with E-state index in [1.807, 2.05) is 32.9 Å². The van der Waals surface area contributed by atoms with Crippen molar-refractivity contribution in [3.8, 4) is 5.75 Å². The first-order valence-corrected chi connectivity index (χ1v) is 7.08. The highest BCUT2D eigenvalue weighted by Gasteiger charge is 2.11. The molecule has 0 radical (unpaired) electrons. The summed E-state index contributed by atoms with van der Waals surface area (Å²) in [6, 6.07) is 3.66. The number of hydrogen-bond donors (Lipinski definition) is 2. The number of methoxy groups -OCH3 is 1. The van der Waals surface area contributed by atoms with E-state index in [0.29, 0.717) is 17.3 Å². The Morgan fingerprint density at radius 2 is 1.95 bits per heavy atom. The molecule has 0 fully saturated rings. The monoisotopic (exact) mass is 310 g/mol. The summed E-state index contributed by atoms with van der Waals surface area (Å²) in [5, 5.41) is 2.79. The van der Waals surface area contributed by atoms with E-state index < -0.39 is 0 Å². The highest BCUT2D eigenvalue weighted by Crippen LogP contribution is 2.24. The van der Waals surface area contributed by atoms with Crippen LogP contribution >= 0.6 is 12.2 Å². The predicted molar refractivity (Wildman–Crippen MR) is 86.8 cm³/mol. The molecule has 3 N–H and O–H groups in total. The van der Waals surface area contributed by atoms with Gasteiger partial charge in [0.25, 0.3) is 5.91 Å². The van der Waals surface area contributed by atoms with Gasteiger partial charge in [-0.15, -0.1) is 0 Å². The summed E-state index contributed by atoms with van der Waals surface area (Å²) in [5.41, 5.74) is 8.22. The number of hydrogen-bond acceptors (Lipinski definition) is 4. The van der Waals surface area contributed by atoms with Crippen molar-refractivity contribution in [2.24, 2.45) is 5.73 Å². The third-order valence-electron chi connectivity index (χ3n) is 2.92. The maximum Gasteiger partial charge on any atom is 0.258 e. The number of ether oxygens (including phenoxy) is 2. The molecular formula is C15H22N2O3S. The number of amides is 1. The number of carbonyl (C=O) groups excluding carboxylic acids is 1. The normalized spacial score (nSPS) is 11.8. The minimum atomic E-state index is -0.184. The van der Waals surface area contributed by atoms with Gasteiger partial charge in [0.2, 0.25) is 0 Å². The Hall–Kier alpha value is -1.66. The molecule has 21 heavy (non-hydrogen) atoms. The summed E-state index contributed by atoms with van der Waals surface area (Å²) in [4.78, 5) is 12.1. The Balaban J connectivity index is 2.67. The molecule has 0 aliphatic carbocycles. The lowest BCUT2D eigenvalue weighted by Crippen LogP contribution is -2.38. The van der Waals surface area contributed by atoms with Gasteiger partial charge in [-0.2, -0.15) is 0 Å². The van der Waals surface area contributed by atoms with E-state index in [-0.39, 0.29) is 18.6 Å². The van der Waals surface area contributed by atoms with Gasteiger partial charge in [0.15, 0.2) is 6.61 Å². The van der Waals surface area contributed by atoms with Gasteiger partial charge in [0.1, 0.15) is 10.7 Å². The first-order chi connectivity index (χ1) is 9.85. The van der Waals surface area contributed by atoms with Crippen LogP contribution in [0.1, 0.15) is 23.6 Å². The van der Waals surface area contributed by atoms with Gasteiger partial charge >= 0.3 is 0 Å². The second-order valence-corrected chi connectivity index (χ2v) is 5.46. The number of aryl methyl sites for hydroxylation is 2. The van der Waals surface area contributed by atoms with Gasteiger partial charge in [-0.1, -0.05) is 12.2 Å². The number of thiocarbonyl (C=S) groups is 1. The molecule has 0 aromatic heterocycles. The smallest absolute Gasteiger partial charge is 0.258 e. The standard InChI is InChI=1S/C15H22N2O3S/c1-9-5-12(15(16)21)6-10(2)14(9)20-8-13(18)17-11(3)7-19-4/h5-6,11H,7-8H2,1-4H3,(H2,16,21)(H,17,18). The molecule has 116 valence electrons. The lowest BCUT2D eigenvalue weighted by Gasteiger charge is -2.16. The van der Waals surface area contributed by atoms with E-state index in [2.05, 4.69) is 5.32 Å². The van der Waals surface area contributed by atoms with Gasteiger partial charge in [-0.25, -0.2) is 0 Å². The van der Waals surface area contributed by atoms with Crippen molar-refractivity contribution in [1.82, 2.24) is 5.32 Å². The summed E-state index contributed by atoms with van der Waals surface area (Å²) < 4.78 is 10.6. The molecule has 1 atom stereocenters. The third kappa shape index (κ3) is 5.32. The van der Waals surface area contributed by atoms with Crippen LogP contribution in [0.25, 0.3) is 0 Å². The predicted octanol–water partition coefficient (Wildman–Crippen LogP) is 1.47. The van der Waals surface area contributed by atoms with E-state index in [0.717, 1.165) is 16.7 Å². The van der Waals surface area contributed by atoms with Crippen LogP contribution in [0, 0.1) is 13.8 Å². The van der Waals surface area contributed by atoms with Crippen molar-refractivity contribution in [3.05, 3.63) is 28.8 Å². The van der Waals surface area contributed by atoms with Crippen LogP contribution in [0.15, 0.2) is 12.1 Å². The Morgan fingerprint density at radius 1 is 1.38 bits per heavy atom. The first kappa shape index (κ1) is 17.4. The summed E-state index contributed by atoms with van der Waals surface area (Å²) >= 11 is 4.96. The van der Waals surface area contributed by atoms with Gasteiger partial charge < -0.3 is 20.5 Å². The first-order valence-electron chi connectivity index (χ1n) is 6.67. The third-order valence-corrected chi connectivity index (χ3v) is 3.15. The van der Waals surface area contributed by atoms with Crippen molar-refractivity contribution in [3.63, 3.8) is 0 Å². The number of nitrogens with two attached hydrogens (primary N) is 1. The summed E-state index contributed by atoms with van der Waals surface area (Å²) in [6.45, 7) is 6.09. The van der Waals surface area contributed by atoms with Crippen LogP contribution in [0.4, 0.5) is 0 Å². The average molecular weight is 310 g/mol. The van der Waals surface area contributed by atoms with E-state index in [9.17, 15) is 4.79 Å². The average Bonchev–Trinajstić information content (AvgIpc) is 2.37. The molecule has 1 aromatic rings. The minimum Gasteiger partial charge on any atom is -0.483 e. The fraction of sp³-hybridized carbons (Fsp3) is 0.467. The quantitative estimate of drug-likeness (QED) is 0.746. The molecule has 1 rings (SSSR count). The summed E-state index contributed by atoms with van der Waals surface area (Å²) in [5.74, 6) is 0.501. The lowest BCUT2D eigenvalue weighted by atomic mass is 10.1. The molecule has 0 saturated heterocycles. The number of benzene rings is 1. The Bertz CT molecular complexity index is 509. The van der Waals surface area contributed by atoms with Crippen molar-refractivity contribution in [1.29, 1.82) is 0 Å². The topological polar surface area (TPSA) is 73.6 Å². The van der Waals surface area contributed by atoms with Gasteiger partial charge in [0.05, 0.1) is 6.61 Å². The fourth-order valence-corrected chi connectivity index (χ4v) is 2.18. The van der Waals surface area contributed by atoms with E-state index in [1.165, 1.54) is 0 Å². The van der Waals surface area contributed by atoms with E-state index in [4.69, 9.17) is 27.4 Å². The zero-order valence-electron chi connectivity index (χ0n) is 12.9. The second kappa shape index (κ2) is 7.95. The van der Waals surface area contributed by atoms with E-state index in [1.54, 1.807) is 7.11 Å². The number of carbonyl (C=O) groups is 1. The molecule has 0 heterocycles. The largest absolute Gasteiger partial charge is 0.483 e. The summed E-state index contributed by atoms with van der Waals surface area (Å²) in [6.07, 6.45) is 0. The van der Waals surface area contributed by atoms with Crippen molar-refractivity contribution in [2.45, 2.75) is 26.8 Å². The summed E-state index contributed by atoms with van der Waals surface area (Å²) in [7, 11) is 1.59. The SMILES string of the molecule is COCC(C)NC(=O)COc1c(C)cc(C(N)=S)cc1C. The molecule has 0 spiro atoms. The van der Waals surface area contributed by atoms with Crippen molar-refractivity contribution >= 4 is 23.1 Å². The van der Waals surface area contributed by atoms with Crippen LogP contribution in [-0.4, -0.2) is 37.3 Å². The van der Waals surface area contributed by atoms with Crippen LogP contribution in [0.3, 0.4) is 0 Å². The Kier molecular flexibility index (Phi) is 6.58. The highest BCUT2D eigenvalue weighted by atomic mass is 32.1. The van der Waals surface area contributed by atoms with Gasteiger partial charge in [-0.3, -0.25) is 4.79 Å². The van der Waals surface area contributed by atoms with Crippen LogP contribution in [-0.2, 0) is 9.53 Å². The maximum atomic E-state index is 11.8. The lowest BCUT2D eigenvalue weighted by molar-refractivity contribution is -0.124. The van der Waals surface area contributed by atoms with Crippen LogP contribution in [0.2, 0.25) is 0 Å². The maximum absolute atomic E-state index is 11.8. The second-order valence-electron chi connectivity index (χ2n) is 5.02. The number of nitrogens with one attached hydrogen (secondary N) is 1. The Labute approximate surface area is 130 Å². The molecular weight excluding hydrogens is 288 g/mol. The number of rotatable bonds is 7. The molecule has 0 saturated carbocycles. The molecule has 1 unspecified atom stereocenters. The molecule has 0 aliphatic heterocycles. The molecule has 1 amide bonds. The zero-order chi connectivity index (χ0) is 16.0. The van der Waals surface area contributed by atoms with E-state index >= 15 is 0 Å². The fourth-order valence-electron chi connectivity index (χ4n) is 2.07. The van der Waals surface area contributed by atoms with Gasteiger partial charge in [0, 0.05) is 18.7 Å². The molecule has 0 aliphatic rings. The van der Waals surface area contributed by atoms with Crippen LogP contribution < -0.4 is 15.8 Å².